The molecule has 214 valence electrons. The van der Waals surface area contributed by atoms with Crippen molar-refractivity contribution in [1.82, 2.24) is 10.2 Å². The molecule has 1 spiro atoms. The van der Waals surface area contributed by atoms with E-state index in [0.29, 0.717) is 32.4 Å². The Balaban J connectivity index is 1.35. The number of allylic oxidation sites excluding steroid dienone is 1. The molecular weight excluding hydrogens is 504 g/mol. The molecule has 2 heterocycles. The van der Waals surface area contributed by atoms with Crippen LogP contribution in [-0.4, -0.2) is 84.2 Å². The van der Waals surface area contributed by atoms with Gasteiger partial charge in [0, 0.05) is 6.54 Å². The molecule has 10 heteroatoms. The number of rotatable bonds is 8. The molecule has 2 amide bonds. The molecule has 4 rings (SSSR count). The molecule has 2 fully saturated rings. The average Bonchev–Trinajstić information content (AvgIpc) is 2.87. The van der Waals surface area contributed by atoms with Crippen molar-refractivity contribution in [2.75, 3.05) is 33.0 Å². The Morgan fingerprint density at radius 1 is 1.26 bits per heavy atom. The number of amides is 2. The maximum absolute atomic E-state index is 12.1. The largest absolute Gasteiger partial charge is 0.465 e. The van der Waals surface area contributed by atoms with Crippen LogP contribution in [-0.2, 0) is 35.1 Å². The van der Waals surface area contributed by atoms with Gasteiger partial charge in [-0.25, -0.2) is 9.59 Å². The monoisotopic (exact) mass is 544 g/mol. The van der Waals surface area contributed by atoms with Crippen LogP contribution in [0.4, 0.5) is 4.79 Å². The van der Waals surface area contributed by atoms with Crippen molar-refractivity contribution in [3.63, 3.8) is 0 Å². The number of carboxylic acid groups (broad SMARTS) is 1. The van der Waals surface area contributed by atoms with Crippen molar-refractivity contribution >= 4 is 23.5 Å². The van der Waals surface area contributed by atoms with E-state index in [4.69, 9.17) is 18.9 Å². The van der Waals surface area contributed by atoms with Crippen molar-refractivity contribution in [3.8, 4) is 0 Å². The number of hydrogen-bond acceptors (Lipinski definition) is 7. The zero-order valence-electron chi connectivity index (χ0n) is 23.1. The van der Waals surface area contributed by atoms with Crippen molar-refractivity contribution in [1.29, 1.82) is 0 Å². The summed E-state index contributed by atoms with van der Waals surface area (Å²) in [6.45, 7) is 6.53. The van der Waals surface area contributed by atoms with Crippen LogP contribution in [0, 0.1) is 0 Å². The SMILES string of the molecule is CC(C)(C)OC(=O)COCc1ccccc1C1=CCC(OCC2N(C(=O)O)CCCC23COCC(=O)N3)CC1. The number of carbonyl (C=O) groups is 3. The molecule has 2 N–H and O–H groups in total. The fourth-order valence-electron chi connectivity index (χ4n) is 5.66. The number of carbonyl (C=O) groups excluding carboxylic acids is 2. The maximum Gasteiger partial charge on any atom is 0.407 e. The van der Waals surface area contributed by atoms with Gasteiger partial charge in [-0.2, -0.15) is 0 Å². The number of nitrogens with zero attached hydrogens (tertiary/aromatic N) is 1. The van der Waals surface area contributed by atoms with Crippen LogP contribution in [0.5, 0.6) is 0 Å². The summed E-state index contributed by atoms with van der Waals surface area (Å²) in [7, 11) is 0. The van der Waals surface area contributed by atoms with Crippen molar-refractivity contribution in [3.05, 3.63) is 41.5 Å². The third-order valence-electron chi connectivity index (χ3n) is 7.38. The van der Waals surface area contributed by atoms with Crippen LogP contribution in [0.2, 0.25) is 0 Å². The fourth-order valence-corrected chi connectivity index (χ4v) is 5.66. The maximum atomic E-state index is 12.1. The Kier molecular flexibility index (Phi) is 9.30. The molecule has 2 saturated heterocycles. The van der Waals surface area contributed by atoms with Gasteiger partial charge in [0.1, 0.15) is 18.8 Å². The molecule has 3 aliphatic rings. The molecule has 1 aliphatic carbocycles. The van der Waals surface area contributed by atoms with Crippen LogP contribution in [0.3, 0.4) is 0 Å². The van der Waals surface area contributed by atoms with Crippen LogP contribution in [0.1, 0.15) is 64.0 Å². The summed E-state index contributed by atoms with van der Waals surface area (Å²) in [5, 5.41) is 12.8. The molecular formula is C29H40N2O8. The van der Waals surface area contributed by atoms with Crippen molar-refractivity contribution in [2.45, 2.75) is 82.8 Å². The van der Waals surface area contributed by atoms with Gasteiger partial charge in [0.05, 0.1) is 37.5 Å². The average molecular weight is 545 g/mol. The number of esters is 1. The first-order chi connectivity index (χ1) is 18.6. The van der Waals surface area contributed by atoms with Gasteiger partial charge in [-0.15, -0.1) is 0 Å². The lowest BCUT2D eigenvalue weighted by molar-refractivity contribution is -0.160. The Labute approximate surface area is 229 Å². The normalized spacial score (nSPS) is 25.7. The van der Waals surface area contributed by atoms with Gasteiger partial charge in [-0.05, 0) is 69.6 Å². The Morgan fingerprint density at radius 2 is 2.05 bits per heavy atom. The van der Waals surface area contributed by atoms with Crippen LogP contribution >= 0.6 is 0 Å². The molecule has 2 aliphatic heterocycles. The van der Waals surface area contributed by atoms with E-state index in [-0.39, 0.29) is 38.4 Å². The highest BCUT2D eigenvalue weighted by atomic mass is 16.6. The van der Waals surface area contributed by atoms with Gasteiger partial charge >= 0.3 is 12.1 Å². The van der Waals surface area contributed by atoms with E-state index in [1.807, 2.05) is 39.0 Å². The van der Waals surface area contributed by atoms with E-state index in [9.17, 15) is 19.5 Å². The molecule has 10 nitrogen and oxygen atoms in total. The summed E-state index contributed by atoms with van der Waals surface area (Å²) < 4.78 is 22.8. The lowest BCUT2D eigenvalue weighted by Gasteiger charge is -2.50. The van der Waals surface area contributed by atoms with Crippen LogP contribution in [0.25, 0.3) is 5.57 Å². The summed E-state index contributed by atoms with van der Waals surface area (Å²) in [5.74, 6) is -0.616. The van der Waals surface area contributed by atoms with Gasteiger partial charge in [-0.1, -0.05) is 30.3 Å². The molecule has 3 atom stereocenters. The predicted molar refractivity (Wildman–Crippen MR) is 143 cm³/mol. The van der Waals surface area contributed by atoms with Crippen LogP contribution < -0.4 is 5.32 Å². The van der Waals surface area contributed by atoms with Gasteiger partial charge in [0.15, 0.2) is 0 Å². The van der Waals surface area contributed by atoms with E-state index in [0.717, 1.165) is 24.0 Å². The molecule has 39 heavy (non-hydrogen) atoms. The van der Waals surface area contributed by atoms with Crippen molar-refractivity contribution < 1.29 is 38.4 Å². The molecule has 0 radical (unpaired) electrons. The molecule has 1 aromatic carbocycles. The second-order valence-electron chi connectivity index (χ2n) is 11.5. The van der Waals surface area contributed by atoms with Gasteiger partial charge in [0.2, 0.25) is 5.91 Å². The van der Waals surface area contributed by atoms with E-state index in [2.05, 4.69) is 17.5 Å². The molecule has 0 bridgehead atoms. The number of likely N-dealkylation sites (tertiary alicyclic amines) is 1. The summed E-state index contributed by atoms with van der Waals surface area (Å²) >= 11 is 0. The highest BCUT2D eigenvalue weighted by Gasteiger charge is 2.49. The van der Waals surface area contributed by atoms with E-state index < -0.39 is 29.2 Å². The standard InChI is InChI=1S/C29H40N2O8/c1-28(2,3)39-26(33)18-36-15-21-7-4-5-8-23(21)20-9-11-22(12-10-20)38-16-24-29(19-37-17-25(32)30-29)13-6-14-31(24)27(34)35/h4-5,7-9,22,24H,6,10-19H2,1-3H3,(H,30,32)(H,34,35). The summed E-state index contributed by atoms with van der Waals surface area (Å²) in [5.41, 5.74) is 1.97. The zero-order chi connectivity index (χ0) is 28.0. The van der Waals surface area contributed by atoms with E-state index in [1.54, 1.807) is 0 Å². The molecule has 0 saturated carbocycles. The van der Waals surface area contributed by atoms with Gasteiger partial charge in [0.25, 0.3) is 0 Å². The lowest BCUT2D eigenvalue weighted by atomic mass is 9.81. The minimum absolute atomic E-state index is 0.00782. The zero-order valence-corrected chi connectivity index (χ0v) is 23.1. The summed E-state index contributed by atoms with van der Waals surface area (Å²) in [6, 6.07) is 7.48. The van der Waals surface area contributed by atoms with E-state index in [1.165, 1.54) is 10.5 Å². The fraction of sp³-hybridized carbons (Fsp3) is 0.621. The molecule has 0 aromatic heterocycles. The number of nitrogens with one attached hydrogen (secondary N) is 1. The number of piperidine rings is 1. The Morgan fingerprint density at radius 3 is 2.74 bits per heavy atom. The third-order valence-corrected chi connectivity index (χ3v) is 7.38. The third kappa shape index (κ3) is 7.58. The first-order valence-electron chi connectivity index (χ1n) is 13.6. The van der Waals surface area contributed by atoms with Crippen molar-refractivity contribution in [2.24, 2.45) is 0 Å². The quantitative estimate of drug-likeness (QED) is 0.477. The minimum atomic E-state index is -1.01. The first kappa shape index (κ1) is 29.0. The number of benzene rings is 1. The second-order valence-corrected chi connectivity index (χ2v) is 11.5. The van der Waals surface area contributed by atoms with Gasteiger partial charge in [-0.3, -0.25) is 4.79 Å². The number of hydrogen-bond donors (Lipinski definition) is 2. The topological polar surface area (TPSA) is 124 Å². The highest BCUT2D eigenvalue weighted by molar-refractivity contribution is 5.79. The predicted octanol–water partition coefficient (Wildman–Crippen LogP) is 3.53. The smallest absolute Gasteiger partial charge is 0.407 e. The Hall–Kier alpha value is -2.95. The second kappa shape index (κ2) is 12.5. The van der Waals surface area contributed by atoms with Crippen LogP contribution in [0.15, 0.2) is 30.3 Å². The molecule has 1 aromatic rings. The first-order valence-corrected chi connectivity index (χ1v) is 13.6. The summed E-state index contributed by atoms with van der Waals surface area (Å²) in [4.78, 5) is 37.5. The Bertz CT molecular complexity index is 1080. The molecule has 3 unspecified atom stereocenters. The minimum Gasteiger partial charge on any atom is -0.465 e. The number of ether oxygens (including phenoxy) is 4. The summed E-state index contributed by atoms with van der Waals surface area (Å²) in [6.07, 6.45) is 4.68. The van der Waals surface area contributed by atoms with Gasteiger partial charge < -0.3 is 34.3 Å². The highest BCUT2D eigenvalue weighted by Crippen LogP contribution is 2.34. The van der Waals surface area contributed by atoms with E-state index >= 15 is 0 Å². The number of morpholine rings is 1. The lowest BCUT2D eigenvalue weighted by Crippen LogP contribution is -2.71.